The maximum absolute atomic E-state index is 12.0. The maximum Gasteiger partial charge on any atom is 0.319 e. The zero-order chi connectivity index (χ0) is 12.8. The zero-order valence-corrected chi connectivity index (χ0v) is 10.6. The second kappa shape index (κ2) is 6.44. The summed E-state index contributed by atoms with van der Waals surface area (Å²) >= 11 is 0. The number of nitrogens with zero attached hydrogens (tertiary/aromatic N) is 3. The molecule has 1 fully saturated rings. The molecule has 0 aliphatic carbocycles. The molecule has 0 aromatic carbocycles. The Kier molecular flexibility index (Phi) is 5.21. The number of amides is 2. The van der Waals surface area contributed by atoms with Gasteiger partial charge >= 0.3 is 12.0 Å². The molecular weight excluding hydrogens is 222 g/mol. The van der Waals surface area contributed by atoms with Gasteiger partial charge in [-0.1, -0.05) is 0 Å². The van der Waals surface area contributed by atoms with Crippen molar-refractivity contribution in [2.24, 2.45) is 0 Å². The molecule has 17 heavy (non-hydrogen) atoms. The fraction of sp³-hybridized carbons (Fsp3) is 0.818. The highest BCUT2D eigenvalue weighted by Crippen LogP contribution is 2.04. The van der Waals surface area contributed by atoms with E-state index in [2.05, 4.69) is 4.90 Å². The molecule has 1 rings (SSSR count). The summed E-state index contributed by atoms with van der Waals surface area (Å²) in [5, 5.41) is 8.58. The first-order valence-corrected chi connectivity index (χ1v) is 5.91. The summed E-state index contributed by atoms with van der Waals surface area (Å²) in [6.45, 7) is 3.61. The summed E-state index contributed by atoms with van der Waals surface area (Å²) in [7, 11) is 3.70. The van der Waals surface area contributed by atoms with E-state index in [1.54, 1.807) is 11.9 Å². The molecule has 1 aliphatic heterocycles. The third-order valence-electron chi connectivity index (χ3n) is 2.98. The monoisotopic (exact) mass is 243 g/mol. The van der Waals surface area contributed by atoms with Crippen LogP contribution < -0.4 is 0 Å². The van der Waals surface area contributed by atoms with Crippen molar-refractivity contribution in [2.45, 2.75) is 12.8 Å². The Bertz CT molecular complexity index is 283. The van der Waals surface area contributed by atoms with Gasteiger partial charge in [0.1, 0.15) is 0 Å². The van der Waals surface area contributed by atoms with Gasteiger partial charge in [0.15, 0.2) is 0 Å². The van der Waals surface area contributed by atoms with Crippen molar-refractivity contribution in [2.75, 3.05) is 46.8 Å². The van der Waals surface area contributed by atoms with Crippen molar-refractivity contribution in [1.29, 1.82) is 0 Å². The van der Waals surface area contributed by atoms with Gasteiger partial charge in [-0.2, -0.15) is 0 Å². The molecule has 6 nitrogen and oxygen atoms in total. The average Bonchev–Trinajstić information content (AvgIpc) is 2.49. The van der Waals surface area contributed by atoms with E-state index in [0.29, 0.717) is 6.54 Å². The van der Waals surface area contributed by atoms with Crippen molar-refractivity contribution in [3.05, 3.63) is 0 Å². The predicted octanol–water partition coefficient (Wildman–Crippen LogP) is 0.150. The molecule has 0 aromatic heterocycles. The van der Waals surface area contributed by atoms with Gasteiger partial charge in [0.05, 0.1) is 6.42 Å². The number of hydrogen-bond donors (Lipinski definition) is 1. The lowest BCUT2D eigenvalue weighted by Gasteiger charge is -2.26. The van der Waals surface area contributed by atoms with Gasteiger partial charge in [0, 0.05) is 33.2 Å². The molecule has 1 N–H and O–H groups in total. The number of likely N-dealkylation sites (N-methyl/N-ethyl adjacent to an activating group) is 1. The molecule has 1 aliphatic rings. The smallest absolute Gasteiger partial charge is 0.319 e. The van der Waals surface area contributed by atoms with E-state index < -0.39 is 5.97 Å². The Labute approximate surface area is 102 Å². The molecule has 6 heteroatoms. The minimum Gasteiger partial charge on any atom is -0.481 e. The number of carbonyl (C=O) groups is 2. The van der Waals surface area contributed by atoms with E-state index in [4.69, 9.17) is 5.11 Å². The Morgan fingerprint density at radius 3 is 2.59 bits per heavy atom. The van der Waals surface area contributed by atoms with Crippen LogP contribution in [0.3, 0.4) is 0 Å². The van der Waals surface area contributed by atoms with Gasteiger partial charge < -0.3 is 19.8 Å². The quantitative estimate of drug-likeness (QED) is 0.766. The summed E-state index contributed by atoms with van der Waals surface area (Å²) in [5.41, 5.74) is 0. The number of carboxylic acids is 1. The molecule has 1 saturated heterocycles. The van der Waals surface area contributed by atoms with E-state index in [1.807, 2.05) is 7.05 Å². The van der Waals surface area contributed by atoms with Gasteiger partial charge in [-0.25, -0.2) is 4.79 Å². The molecular formula is C11H21N3O3. The summed E-state index contributed by atoms with van der Waals surface area (Å²) in [6.07, 6.45) is 0.963. The molecule has 2 amide bonds. The van der Waals surface area contributed by atoms with Crippen LogP contribution in [0.4, 0.5) is 4.79 Å². The normalized spacial score (nSPS) is 17.6. The van der Waals surface area contributed by atoms with Crippen LogP contribution >= 0.6 is 0 Å². The van der Waals surface area contributed by atoms with Crippen LogP contribution in [0.15, 0.2) is 0 Å². The minimum atomic E-state index is -0.875. The van der Waals surface area contributed by atoms with Crippen molar-refractivity contribution in [3.63, 3.8) is 0 Å². The number of carboxylic acid groups (broad SMARTS) is 1. The van der Waals surface area contributed by atoms with Crippen molar-refractivity contribution in [1.82, 2.24) is 14.7 Å². The number of rotatable bonds is 3. The largest absolute Gasteiger partial charge is 0.481 e. The van der Waals surface area contributed by atoms with Crippen LogP contribution in [-0.4, -0.2) is 78.6 Å². The van der Waals surface area contributed by atoms with Gasteiger partial charge in [-0.05, 0) is 20.0 Å². The van der Waals surface area contributed by atoms with Crippen LogP contribution in [-0.2, 0) is 4.79 Å². The molecule has 0 unspecified atom stereocenters. The topological polar surface area (TPSA) is 64.1 Å². The zero-order valence-electron chi connectivity index (χ0n) is 10.6. The van der Waals surface area contributed by atoms with Crippen LogP contribution in [0.25, 0.3) is 0 Å². The third-order valence-corrected chi connectivity index (χ3v) is 2.98. The van der Waals surface area contributed by atoms with Crippen LogP contribution in [0, 0.1) is 0 Å². The standard InChI is InChI=1S/C11H21N3O3/c1-12-5-3-6-14(9-8-12)11(17)13(2)7-4-10(15)16/h3-9H2,1-2H3,(H,15,16). The second-order valence-corrected chi connectivity index (χ2v) is 4.49. The lowest BCUT2D eigenvalue weighted by Crippen LogP contribution is -2.43. The van der Waals surface area contributed by atoms with Crippen LogP contribution in [0.2, 0.25) is 0 Å². The molecule has 0 radical (unpaired) electrons. The first-order valence-electron chi connectivity index (χ1n) is 5.91. The molecule has 0 spiro atoms. The minimum absolute atomic E-state index is 0.00399. The SMILES string of the molecule is CN1CCCN(C(=O)N(C)CCC(=O)O)CC1. The molecule has 0 aromatic rings. The molecule has 0 atom stereocenters. The van der Waals surface area contributed by atoms with Crippen molar-refractivity contribution in [3.8, 4) is 0 Å². The summed E-state index contributed by atoms with van der Waals surface area (Å²) < 4.78 is 0. The van der Waals surface area contributed by atoms with Gasteiger partial charge in [-0.3, -0.25) is 4.79 Å². The van der Waals surface area contributed by atoms with Crippen molar-refractivity contribution >= 4 is 12.0 Å². The molecule has 0 saturated carbocycles. The van der Waals surface area contributed by atoms with Gasteiger partial charge in [0.2, 0.25) is 0 Å². The first kappa shape index (κ1) is 13.8. The van der Waals surface area contributed by atoms with E-state index >= 15 is 0 Å². The van der Waals surface area contributed by atoms with Crippen molar-refractivity contribution < 1.29 is 14.7 Å². The lowest BCUT2D eigenvalue weighted by molar-refractivity contribution is -0.137. The maximum atomic E-state index is 12.0. The Balaban J connectivity index is 2.42. The van der Waals surface area contributed by atoms with E-state index in [-0.39, 0.29) is 19.0 Å². The number of hydrogen-bond acceptors (Lipinski definition) is 3. The van der Waals surface area contributed by atoms with Gasteiger partial charge in [0.25, 0.3) is 0 Å². The molecule has 0 bridgehead atoms. The fourth-order valence-corrected chi connectivity index (χ4v) is 1.84. The highest BCUT2D eigenvalue weighted by molar-refractivity contribution is 5.75. The Hall–Kier alpha value is -1.30. The summed E-state index contributed by atoms with van der Waals surface area (Å²) in [5.74, 6) is -0.875. The highest BCUT2D eigenvalue weighted by Gasteiger charge is 2.20. The number of urea groups is 1. The molecule has 1 heterocycles. The second-order valence-electron chi connectivity index (χ2n) is 4.49. The Morgan fingerprint density at radius 2 is 1.94 bits per heavy atom. The van der Waals surface area contributed by atoms with E-state index in [1.165, 1.54) is 4.90 Å². The van der Waals surface area contributed by atoms with E-state index in [0.717, 1.165) is 26.1 Å². The lowest BCUT2D eigenvalue weighted by atomic mass is 10.4. The fourth-order valence-electron chi connectivity index (χ4n) is 1.84. The molecule has 98 valence electrons. The van der Waals surface area contributed by atoms with Crippen LogP contribution in [0.5, 0.6) is 0 Å². The third kappa shape index (κ3) is 4.60. The van der Waals surface area contributed by atoms with Crippen LogP contribution in [0.1, 0.15) is 12.8 Å². The Morgan fingerprint density at radius 1 is 1.24 bits per heavy atom. The number of aliphatic carboxylic acids is 1. The predicted molar refractivity (Wildman–Crippen MR) is 64.0 cm³/mol. The van der Waals surface area contributed by atoms with E-state index in [9.17, 15) is 9.59 Å². The highest BCUT2D eigenvalue weighted by atomic mass is 16.4. The first-order chi connectivity index (χ1) is 8.00. The average molecular weight is 243 g/mol. The summed E-state index contributed by atoms with van der Waals surface area (Å²) in [4.78, 5) is 27.9. The number of carbonyl (C=O) groups excluding carboxylic acids is 1. The summed E-state index contributed by atoms with van der Waals surface area (Å²) in [6, 6.07) is -0.0680. The van der Waals surface area contributed by atoms with Gasteiger partial charge in [-0.15, -0.1) is 0 Å².